The van der Waals surface area contributed by atoms with Crippen LogP contribution in [0.25, 0.3) is 0 Å². The van der Waals surface area contributed by atoms with Gasteiger partial charge in [-0.3, -0.25) is 4.79 Å². The van der Waals surface area contributed by atoms with E-state index in [1.165, 1.54) is 0 Å². The van der Waals surface area contributed by atoms with Gasteiger partial charge in [0, 0.05) is 44.7 Å². The molecule has 0 aromatic carbocycles. The number of piperidine rings is 1. The molecule has 0 aliphatic carbocycles. The maximum atomic E-state index is 12.1. The molecule has 1 amide bonds. The van der Waals surface area contributed by atoms with Gasteiger partial charge in [0.2, 0.25) is 5.91 Å². The van der Waals surface area contributed by atoms with E-state index in [9.17, 15) is 4.79 Å². The number of ether oxygens (including phenoxy) is 1. The quantitative estimate of drug-likeness (QED) is 0.850. The topological polar surface area (TPSA) is 55.3 Å². The fraction of sp³-hybridized carbons (Fsp3) is 0.667. The lowest BCUT2D eigenvalue weighted by atomic mass is 9.91. The Hall–Kier alpha value is -1.65. The molecule has 1 aromatic heterocycles. The van der Waals surface area contributed by atoms with Crippen molar-refractivity contribution in [2.75, 3.05) is 13.1 Å². The predicted molar refractivity (Wildman–Crippen MR) is 76.3 cm³/mol. The Labute approximate surface area is 120 Å². The summed E-state index contributed by atoms with van der Waals surface area (Å²) < 4.78 is 5.72. The van der Waals surface area contributed by atoms with Crippen LogP contribution in [0.5, 0.6) is 6.01 Å². The van der Waals surface area contributed by atoms with Gasteiger partial charge in [0.15, 0.2) is 0 Å². The summed E-state index contributed by atoms with van der Waals surface area (Å²) in [5.41, 5.74) is 0.0440. The van der Waals surface area contributed by atoms with E-state index in [0.29, 0.717) is 12.4 Å². The Morgan fingerprint density at radius 3 is 2.45 bits per heavy atom. The first-order chi connectivity index (χ1) is 9.44. The Balaban J connectivity index is 1.79. The minimum Gasteiger partial charge on any atom is -0.460 e. The van der Waals surface area contributed by atoms with Gasteiger partial charge in [0.05, 0.1) is 0 Å². The zero-order chi connectivity index (χ0) is 14.6. The van der Waals surface area contributed by atoms with Gasteiger partial charge in [-0.15, -0.1) is 0 Å². The van der Waals surface area contributed by atoms with Crippen LogP contribution in [0.4, 0.5) is 0 Å². The first kappa shape index (κ1) is 14.8. The molecular weight excluding hydrogens is 254 g/mol. The molecule has 0 atom stereocenters. The van der Waals surface area contributed by atoms with Crippen LogP contribution in [-0.4, -0.2) is 40.0 Å². The Bertz CT molecular complexity index is 434. The summed E-state index contributed by atoms with van der Waals surface area (Å²) in [6, 6.07) is 2.19. The maximum absolute atomic E-state index is 12.1. The standard InChI is InChI=1S/C15H23N3O2/c1-15(2,3)11-13(19)18-9-5-12(6-10-18)20-14-16-7-4-8-17-14/h4,7-8,12H,5-6,9-11H2,1-3H3. The number of hydrogen-bond donors (Lipinski definition) is 0. The first-order valence-corrected chi connectivity index (χ1v) is 7.15. The Kier molecular flexibility index (Phi) is 4.57. The normalized spacial score (nSPS) is 17.1. The van der Waals surface area contributed by atoms with E-state index in [0.717, 1.165) is 25.9 Å². The lowest BCUT2D eigenvalue weighted by Gasteiger charge is -2.33. The van der Waals surface area contributed by atoms with E-state index in [1.54, 1.807) is 18.5 Å². The van der Waals surface area contributed by atoms with Crippen molar-refractivity contribution >= 4 is 5.91 Å². The van der Waals surface area contributed by atoms with Gasteiger partial charge in [-0.05, 0) is 11.5 Å². The highest BCUT2D eigenvalue weighted by Gasteiger charge is 2.26. The smallest absolute Gasteiger partial charge is 0.316 e. The van der Waals surface area contributed by atoms with Crippen LogP contribution >= 0.6 is 0 Å². The number of amides is 1. The van der Waals surface area contributed by atoms with Crippen molar-refractivity contribution in [1.29, 1.82) is 0 Å². The molecule has 1 aliphatic rings. The van der Waals surface area contributed by atoms with Crippen molar-refractivity contribution < 1.29 is 9.53 Å². The highest BCUT2D eigenvalue weighted by Crippen LogP contribution is 2.22. The van der Waals surface area contributed by atoms with Gasteiger partial charge in [-0.2, -0.15) is 0 Å². The summed E-state index contributed by atoms with van der Waals surface area (Å²) >= 11 is 0. The zero-order valence-electron chi connectivity index (χ0n) is 12.5. The van der Waals surface area contributed by atoms with Gasteiger partial charge in [0.1, 0.15) is 6.10 Å². The molecule has 110 valence electrons. The van der Waals surface area contributed by atoms with Crippen molar-refractivity contribution in [2.45, 2.75) is 46.1 Å². The van der Waals surface area contributed by atoms with Gasteiger partial charge in [-0.25, -0.2) is 9.97 Å². The fourth-order valence-corrected chi connectivity index (χ4v) is 2.28. The summed E-state index contributed by atoms with van der Waals surface area (Å²) in [6.07, 6.45) is 5.73. The molecule has 20 heavy (non-hydrogen) atoms. The molecule has 5 nitrogen and oxygen atoms in total. The van der Waals surface area contributed by atoms with E-state index >= 15 is 0 Å². The molecule has 5 heteroatoms. The molecule has 2 rings (SSSR count). The number of carbonyl (C=O) groups excluding carboxylic acids is 1. The Morgan fingerprint density at radius 1 is 1.30 bits per heavy atom. The van der Waals surface area contributed by atoms with E-state index < -0.39 is 0 Å². The minimum absolute atomic E-state index is 0.0440. The maximum Gasteiger partial charge on any atom is 0.316 e. The number of nitrogens with zero attached hydrogens (tertiary/aromatic N) is 3. The molecule has 0 unspecified atom stereocenters. The molecule has 0 spiro atoms. The molecule has 2 heterocycles. The molecule has 1 aromatic rings. The van der Waals surface area contributed by atoms with Crippen LogP contribution in [0.3, 0.4) is 0 Å². The number of rotatable bonds is 3. The highest BCUT2D eigenvalue weighted by atomic mass is 16.5. The predicted octanol–water partition coefficient (Wildman–Crippen LogP) is 2.28. The third kappa shape index (κ3) is 4.47. The van der Waals surface area contributed by atoms with E-state index in [4.69, 9.17) is 4.74 Å². The minimum atomic E-state index is 0.0440. The van der Waals surface area contributed by atoms with Crippen LogP contribution in [0.2, 0.25) is 0 Å². The third-order valence-corrected chi connectivity index (χ3v) is 3.29. The summed E-state index contributed by atoms with van der Waals surface area (Å²) in [7, 11) is 0. The largest absolute Gasteiger partial charge is 0.460 e. The fourth-order valence-electron chi connectivity index (χ4n) is 2.28. The van der Waals surface area contributed by atoms with Crippen LogP contribution in [0.15, 0.2) is 18.5 Å². The van der Waals surface area contributed by atoms with Gasteiger partial charge < -0.3 is 9.64 Å². The molecule has 0 saturated carbocycles. The van der Waals surface area contributed by atoms with E-state index in [2.05, 4.69) is 30.7 Å². The average Bonchev–Trinajstić information content (AvgIpc) is 2.39. The van der Waals surface area contributed by atoms with Crippen molar-refractivity contribution in [3.8, 4) is 6.01 Å². The first-order valence-electron chi connectivity index (χ1n) is 7.15. The SMILES string of the molecule is CC(C)(C)CC(=O)N1CCC(Oc2ncccn2)CC1. The molecule has 1 aliphatic heterocycles. The lowest BCUT2D eigenvalue weighted by Crippen LogP contribution is -2.42. The van der Waals surface area contributed by atoms with E-state index in [-0.39, 0.29) is 17.4 Å². The van der Waals surface area contributed by atoms with Gasteiger partial charge in [-0.1, -0.05) is 20.8 Å². The number of aromatic nitrogens is 2. The van der Waals surface area contributed by atoms with Crippen LogP contribution in [-0.2, 0) is 4.79 Å². The second-order valence-corrected chi connectivity index (χ2v) is 6.47. The molecule has 1 fully saturated rings. The highest BCUT2D eigenvalue weighted by molar-refractivity contribution is 5.76. The molecule has 0 N–H and O–H groups in total. The lowest BCUT2D eigenvalue weighted by molar-refractivity contribution is -0.134. The molecule has 0 bridgehead atoms. The van der Waals surface area contributed by atoms with Gasteiger partial charge in [0.25, 0.3) is 0 Å². The summed E-state index contributed by atoms with van der Waals surface area (Å²) in [5, 5.41) is 0. The third-order valence-electron chi connectivity index (χ3n) is 3.29. The number of carbonyl (C=O) groups is 1. The summed E-state index contributed by atoms with van der Waals surface area (Å²) in [5.74, 6) is 0.243. The monoisotopic (exact) mass is 277 g/mol. The second-order valence-electron chi connectivity index (χ2n) is 6.47. The average molecular weight is 277 g/mol. The van der Waals surface area contributed by atoms with Crippen LogP contribution in [0, 0.1) is 5.41 Å². The van der Waals surface area contributed by atoms with Crippen molar-refractivity contribution in [1.82, 2.24) is 14.9 Å². The molecule has 0 radical (unpaired) electrons. The number of hydrogen-bond acceptors (Lipinski definition) is 4. The van der Waals surface area contributed by atoms with Gasteiger partial charge >= 0.3 is 6.01 Å². The van der Waals surface area contributed by atoms with Crippen LogP contribution in [0.1, 0.15) is 40.0 Å². The summed E-state index contributed by atoms with van der Waals surface area (Å²) in [6.45, 7) is 7.79. The molecular formula is C15H23N3O2. The van der Waals surface area contributed by atoms with Crippen molar-refractivity contribution in [2.24, 2.45) is 5.41 Å². The van der Waals surface area contributed by atoms with Crippen molar-refractivity contribution in [3.63, 3.8) is 0 Å². The zero-order valence-corrected chi connectivity index (χ0v) is 12.5. The number of likely N-dealkylation sites (tertiary alicyclic amines) is 1. The summed E-state index contributed by atoms with van der Waals surface area (Å²) in [4.78, 5) is 22.2. The van der Waals surface area contributed by atoms with Crippen LogP contribution < -0.4 is 4.74 Å². The molecule has 1 saturated heterocycles. The Morgan fingerprint density at radius 2 is 1.90 bits per heavy atom. The van der Waals surface area contributed by atoms with Crippen molar-refractivity contribution in [3.05, 3.63) is 18.5 Å². The second kappa shape index (κ2) is 6.20. The van der Waals surface area contributed by atoms with E-state index in [1.807, 2.05) is 4.90 Å².